The van der Waals surface area contributed by atoms with Crippen molar-refractivity contribution >= 4 is 12.6 Å². The number of thiol groups is 1. The van der Waals surface area contributed by atoms with E-state index in [1.165, 1.54) is 25.8 Å². The van der Waals surface area contributed by atoms with E-state index in [1.807, 2.05) is 24.3 Å². The monoisotopic (exact) mass is 253 g/mol. The molecule has 0 spiro atoms. The Morgan fingerprint density at radius 2 is 1.65 bits per heavy atom. The predicted molar refractivity (Wildman–Crippen MR) is 76.2 cm³/mol. The van der Waals surface area contributed by atoms with E-state index in [-0.39, 0.29) is 0 Å². The third kappa shape index (κ3) is 7.29. The lowest BCUT2D eigenvalue weighted by Gasteiger charge is -2.09. The zero-order valence-corrected chi connectivity index (χ0v) is 11.7. The minimum Gasteiger partial charge on any atom is -0.494 e. The van der Waals surface area contributed by atoms with Crippen LogP contribution in [0.15, 0.2) is 29.2 Å². The molecule has 0 bridgehead atoms. The summed E-state index contributed by atoms with van der Waals surface area (Å²) in [4.78, 5) is 3.20. The lowest BCUT2D eigenvalue weighted by Crippen LogP contribution is -2.12. The van der Waals surface area contributed by atoms with Crippen molar-refractivity contribution < 1.29 is 4.74 Å². The number of hydrogen-bond donors (Lipinski definition) is 1. The molecule has 0 fully saturated rings. The van der Waals surface area contributed by atoms with E-state index in [0.717, 1.165) is 23.7 Å². The highest BCUT2D eigenvalue weighted by molar-refractivity contribution is 7.80. The van der Waals surface area contributed by atoms with Gasteiger partial charge in [-0.2, -0.15) is 0 Å². The van der Waals surface area contributed by atoms with Crippen molar-refractivity contribution in [1.29, 1.82) is 0 Å². The molecule has 3 heteroatoms. The number of unbranched alkanes of at least 4 members (excludes halogenated alkanes) is 3. The van der Waals surface area contributed by atoms with E-state index < -0.39 is 0 Å². The summed E-state index contributed by atoms with van der Waals surface area (Å²) in [6, 6.07) is 7.84. The second kappa shape index (κ2) is 8.43. The van der Waals surface area contributed by atoms with Crippen molar-refractivity contribution in [3.8, 4) is 5.75 Å². The van der Waals surface area contributed by atoms with Gasteiger partial charge in [-0.1, -0.05) is 12.8 Å². The highest BCUT2D eigenvalue weighted by Gasteiger charge is 1.95. The lowest BCUT2D eigenvalue weighted by molar-refractivity contribution is 0.302. The van der Waals surface area contributed by atoms with E-state index in [0.29, 0.717) is 0 Å². The first kappa shape index (κ1) is 14.4. The van der Waals surface area contributed by atoms with E-state index >= 15 is 0 Å². The zero-order valence-electron chi connectivity index (χ0n) is 10.9. The first-order valence-electron chi connectivity index (χ1n) is 6.25. The molecule has 1 aromatic rings. The molecule has 0 atom stereocenters. The zero-order chi connectivity index (χ0) is 12.5. The number of ether oxygens (including phenoxy) is 1. The van der Waals surface area contributed by atoms with E-state index in [2.05, 4.69) is 31.6 Å². The molecular weight excluding hydrogens is 230 g/mol. The molecule has 2 nitrogen and oxygen atoms in total. The predicted octanol–water partition coefficient (Wildman–Crippen LogP) is 3.48. The smallest absolute Gasteiger partial charge is 0.119 e. The molecule has 17 heavy (non-hydrogen) atoms. The molecule has 0 N–H and O–H groups in total. The summed E-state index contributed by atoms with van der Waals surface area (Å²) in [7, 11) is 4.24. The Kier molecular flexibility index (Phi) is 7.13. The van der Waals surface area contributed by atoms with Crippen molar-refractivity contribution in [2.75, 3.05) is 27.2 Å². The van der Waals surface area contributed by atoms with Gasteiger partial charge in [0.15, 0.2) is 0 Å². The Hall–Kier alpha value is -0.670. The van der Waals surface area contributed by atoms with Crippen molar-refractivity contribution in [2.24, 2.45) is 0 Å². The van der Waals surface area contributed by atoms with Gasteiger partial charge in [-0.15, -0.1) is 12.6 Å². The van der Waals surface area contributed by atoms with Crippen molar-refractivity contribution in [1.82, 2.24) is 4.90 Å². The molecule has 0 aliphatic rings. The molecule has 0 unspecified atom stereocenters. The molecule has 96 valence electrons. The Morgan fingerprint density at radius 1 is 1.00 bits per heavy atom. The summed E-state index contributed by atoms with van der Waals surface area (Å²) < 4.78 is 5.64. The third-order valence-corrected chi connectivity index (χ3v) is 2.90. The van der Waals surface area contributed by atoms with Crippen LogP contribution in [0.1, 0.15) is 25.7 Å². The van der Waals surface area contributed by atoms with Crippen LogP contribution in [0.2, 0.25) is 0 Å². The van der Waals surface area contributed by atoms with E-state index in [4.69, 9.17) is 4.74 Å². The molecule has 1 aromatic carbocycles. The van der Waals surface area contributed by atoms with Crippen LogP contribution in [0.4, 0.5) is 0 Å². The fourth-order valence-corrected chi connectivity index (χ4v) is 1.77. The van der Waals surface area contributed by atoms with Gasteiger partial charge in [-0.25, -0.2) is 0 Å². The maximum absolute atomic E-state index is 5.64. The number of hydrogen-bond acceptors (Lipinski definition) is 3. The number of rotatable bonds is 8. The Labute approximate surface area is 110 Å². The van der Waals surface area contributed by atoms with Gasteiger partial charge in [0.1, 0.15) is 5.75 Å². The molecular formula is C14H23NOS. The second-order valence-electron chi connectivity index (χ2n) is 4.56. The first-order chi connectivity index (χ1) is 8.18. The van der Waals surface area contributed by atoms with Crippen molar-refractivity contribution in [3.63, 3.8) is 0 Å². The summed E-state index contributed by atoms with van der Waals surface area (Å²) in [6.45, 7) is 2.00. The van der Waals surface area contributed by atoms with Gasteiger partial charge < -0.3 is 9.64 Å². The minimum absolute atomic E-state index is 0.813. The van der Waals surface area contributed by atoms with Crippen LogP contribution in [0.25, 0.3) is 0 Å². The highest BCUT2D eigenvalue weighted by Crippen LogP contribution is 2.14. The molecule has 0 amide bonds. The van der Waals surface area contributed by atoms with Crippen LogP contribution >= 0.6 is 12.6 Å². The number of nitrogens with zero attached hydrogens (tertiary/aromatic N) is 1. The standard InChI is InChI=1S/C14H23NOS/c1-15(2)11-5-3-4-6-12-16-13-7-9-14(17)10-8-13/h7-10,17H,3-6,11-12H2,1-2H3. The summed E-state index contributed by atoms with van der Waals surface area (Å²) in [5.74, 6) is 0.941. The van der Waals surface area contributed by atoms with Gasteiger partial charge >= 0.3 is 0 Å². The second-order valence-corrected chi connectivity index (χ2v) is 5.08. The summed E-state index contributed by atoms with van der Waals surface area (Å²) in [5, 5.41) is 0. The summed E-state index contributed by atoms with van der Waals surface area (Å²) in [5.41, 5.74) is 0. The lowest BCUT2D eigenvalue weighted by atomic mass is 10.2. The van der Waals surface area contributed by atoms with E-state index in [9.17, 15) is 0 Å². The van der Waals surface area contributed by atoms with Crippen LogP contribution in [0, 0.1) is 0 Å². The summed E-state index contributed by atoms with van der Waals surface area (Å²) in [6.07, 6.45) is 4.95. The van der Waals surface area contributed by atoms with Gasteiger partial charge in [0.05, 0.1) is 6.61 Å². The number of benzene rings is 1. The normalized spacial score (nSPS) is 10.8. The van der Waals surface area contributed by atoms with Crippen molar-refractivity contribution in [3.05, 3.63) is 24.3 Å². The average molecular weight is 253 g/mol. The van der Waals surface area contributed by atoms with Crippen LogP contribution in [0.3, 0.4) is 0 Å². The molecule has 1 rings (SSSR count). The molecule has 0 aliphatic carbocycles. The Balaban J connectivity index is 1.99. The topological polar surface area (TPSA) is 12.5 Å². The molecule has 0 radical (unpaired) electrons. The van der Waals surface area contributed by atoms with Crippen LogP contribution < -0.4 is 4.74 Å². The molecule has 0 saturated heterocycles. The fraction of sp³-hybridized carbons (Fsp3) is 0.571. The molecule has 0 heterocycles. The Bertz CT molecular complexity index is 298. The van der Waals surface area contributed by atoms with Gasteiger partial charge in [-0.05, 0) is 57.7 Å². The van der Waals surface area contributed by atoms with Crippen LogP contribution in [0.5, 0.6) is 5.75 Å². The first-order valence-corrected chi connectivity index (χ1v) is 6.70. The largest absolute Gasteiger partial charge is 0.494 e. The maximum Gasteiger partial charge on any atom is 0.119 e. The van der Waals surface area contributed by atoms with Gasteiger partial charge in [-0.3, -0.25) is 0 Å². The molecule has 0 saturated carbocycles. The van der Waals surface area contributed by atoms with Crippen LogP contribution in [-0.2, 0) is 0 Å². The quantitative estimate of drug-likeness (QED) is 0.562. The maximum atomic E-state index is 5.64. The van der Waals surface area contributed by atoms with Crippen molar-refractivity contribution in [2.45, 2.75) is 30.6 Å². The summed E-state index contributed by atoms with van der Waals surface area (Å²) >= 11 is 4.24. The SMILES string of the molecule is CN(C)CCCCCCOc1ccc(S)cc1. The van der Waals surface area contributed by atoms with Gasteiger partial charge in [0.2, 0.25) is 0 Å². The third-order valence-electron chi connectivity index (χ3n) is 2.61. The molecule has 0 aliphatic heterocycles. The van der Waals surface area contributed by atoms with E-state index in [1.54, 1.807) is 0 Å². The average Bonchev–Trinajstić information content (AvgIpc) is 2.30. The molecule has 0 aromatic heterocycles. The van der Waals surface area contributed by atoms with Crippen LogP contribution in [-0.4, -0.2) is 32.1 Å². The minimum atomic E-state index is 0.813. The fourth-order valence-electron chi connectivity index (χ4n) is 1.62. The Morgan fingerprint density at radius 3 is 2.29 bits per heavy atom. The highest BCUT2D eigenvalue weighted by atomic mass is 32.1. The van der Waals surface area contributed by atoms with Gasteiger partial charge in [0.25, 0.3) is 0 Å². The van der Waals surface area contributed by atoms with Gasteiger partial charge in [0, 0.05) is 4.90 Å².